The van der Waals surface area contributed by atoms with E-state index in [2.05, 4.69) is 4.98 Å². The molecule has 0 aliphatic rings. The van der Waals surface area contributed by atoms with Gasteiger partial charge in [0.25, 0.3) is 5.91 Å². The van der Waals surface area contributed by atoms with Gasteiger partial charge in [0.2, 0.25) is 0 Å². The maximum Gasteiger partial charge on any atom is 0.326 e. The normalized spacial score (nSPS) is 10.9. The Kier molecular flexibility index (Phi) is 4.24. The first-order chi connectivity index (χ1) is 9.58. The molecule has 0 radical (unpaired) electrons. The number of carbonyl (C=O) groups excluding carboxylic acids is 1. The molecule has 2 aromatic rings. The highest BCUT2D eigenvalue weighted by atomic mass is 16.3. The highest BCUT2D eigenvalue weighted by molar-refractivity contribution is 5.97. The van der Waals surface area contributed by atoms with Crippen LogP contribution in [0.25, 0.3) is 11.0 Å². The maximum atomic E-state index is 12.4. The van der Waals surface area contributed by atoms with Gasteiger partial charge in [-0.1, -0.05) is 6.92 Å². The summed E-state index contributed by atoms with van der Waals surface area (Å²) >= 11 is 0. The topological polar surface area (TPSA) is 78.3 Å². The zero-order chi connectivity index (χ0) is 14.7. The number of rotatable bonds is 5. The summed E-state index contributed by atoms with van der Waals surface area (Å²) in [6, 6.07) is 5.14. The molecule has 0 aliphatic carbocycles. The molecule has 0 fully saturated rings. The number of carbonyl (C=O) groups is 1. The van der Waals surface area contributed by atoms with Crippen molar-refractivity contribution in [3.63, 3.8) is 0 Å². The Bertz CT molecular complexity index is 666. The van der Waals surface area contributed by atoms with E-state index < -0.39 is 0 Å². The van der Waals surface area contributed by atoms with Crippen molar-refractivity contribution < 1.29 is 9.90 Å². The second-order valence-electron chi connectivity index (χ2n) is 4.74. The van der Waals surface area contributed by atoms with E-state index in [-0.39, 0.29) is 18.2 Å². The third kappa shape index (κ3) is 2.60. The van der Waals surface area contributed by atoms with Crippen LogP contribution in [0.2, 0.25) is 0 Å². The van der Waals surface area contributed by atoms with E-state index in [0.29, 0.717) is 24.2 Å². The molecule has 0 atom stereocenters. The monoisotopic (exact) mass is 277 g/mol. The van der Waals surface area contributed by atoms with Crippen LogP contribution in [0, 0.1) is 0 Å². The Morgan fingerprint density at radius 2 is 2.15 bits per heavy atom. The molecule has 2 rings (SSSR count). The van der Waals surface area contributed by atoms with Gasteiger partial charge < -0.3 is 15.0 Å². The van der Waals surface area contributed by atoms with Crippen molar-refractivity contribution in [1.29, 1.82) is 0 Å². The highest BCUT2D eigenvalue weighted by Gasteiger charge is 2.15. The molecule has 1 aromatic carbocycles. The average Bonchev–Trinajstić information content (AvgIpc) is 2.72. The fraction of sp³-hybridized carbons (Fsp3) is 0.429. The molecule has 108 valence electrons. The van der Waals surface area contributed by atoms with E-state index in [1.165, 1.54) is 4.57 Å². The molecule has 0 saturated heterocycles. The first-order valence-corrected chi connectivity index (χ1v) is 6.67. The maximum absolute atomic E-state index is 12.4. The number of aromatic amines is 1. The summed E-state index contributed by atoms with van der Waals surface area (Å²) < 4.78 is 1.50. The molecule has 0 bridgehead atoms. The van der Waals surface area contributed by atoms with E-state index >= 15 is 0 Å². The minimum atomic E-state index is -0.203. The summed E-state index contributed by atoms with van der Waals surface area (Å²) in [6.45, 7) is 2.84. The minimum Gasteiger partial charge on any atom is -0.395 e. The Morgan fingerprint density at radius 3 is 2.80 bits per heavy atom. The zero-order valence-electron chi connectivity index (χ0n) is 11.7. The van der Waals surface area contributed by atoms with Crippen molar-refractivity contribution in [2.45, 2.75) is 13.3 Å². The Hall–Kier alpha value is -2.08. The number of imidazole rings is 1. The van der Waals surface area contributed by atoms with Crippen molar-refractivity contribution in [2.75, 3.05) is 19.7 Å². The first kappa shape index (κ1) is 14.3. The molecule has 1 aromatic heterocycles. The average molecular weight is 277 g/mol. The van der Waals surface area contributed by atoms with Crippen LogP contribution in [0.15, 0.2) is 23.0 Å². The largest absolute Gasteiger partial charge is 0.395 e. The van der Waals surface area contributed by atoms with Crippen LogP contribution in [0.4, 0.5) is 0 Å². The van der Waals surface area contributed by atoms with Crippen molar-refractivity contribution in [1.82, 2.24) is 14.5 Å². The van der Waals surface area contributed by atoms with Gasteiger partial charge in [0, 0.05) is 25.7 Å². The number of aromatic nitrogens is 2. The van der Waals surface area contributed by atoms with Gasteiger partial charge in [0.1, 0.15) is 0 Å². The number of aliphatic hydroxyl groups is 1. The van der Waals surface area contributed by atoms with Gasteiger partial charge in [-0.25, -0.2) is 4.79 Å². The molecule has 6 heteroatoms. The smallest absolute Gasteiger partial charge is 0.326 e. The second-order valence-corrected chi connectivity index (χ2v) is 4.74. The number of nitrogens with one attached hydrogen (secondary N) is 1. The minimum absolute atomic E-state index is 0.0594. The number of amides is 1. The van der Waals surface area contributed by atoms with Gasteiger partial charge in [-0.3, -0.25) is 9.36 Å². The van der Waals surface area contributed by atoms with Gasteiger partial charge in [0.15, 0.2) is 0 Å². The molecule has 1 heterocycles. The van der Waals surface area contributed by atoms with Crippen LogP contribution in [0.5, 0.6) is 0 Å². The quantitative estimate of drug-likeness (QED) is 0.845. The summed E-state index contributed by atoms with van der Waals surface area (Å²) in [5, 5.41) is 9.03. The predicted molar refractivity (Wildman–Crippen MR) is 76.8 cm³/mol. The summed E-state index contributed by atoms with van der Waals surface area (Å²) in [4.78, 5) is 28.2. The third-order valence-electron chi connectivity index (χ3n) is 3.30. The van der Waals surface area contributed by atoms with Gasteiger partial charge in [-0.05, 0) is 24.6 Å². The van der Waals surface area contributed by atoms with Crippen molar-refractivity contribution in [3.05, 3.63) is 34.2 Å². The van der Waals surface area contributed by atoms with Gasteiger partial charge in [-0.15, -0.1) is 0 Å². The van der Waals surface area contributed by atoms with E-state index in [1.54, 1.807) is 30.1 Å². The van der Waals surface area contributed by atoms with E-state index in [9.17, 15) is 9.59 Å². The number of hydrogen-bond acceptors (Lipinski definition) is 3. The third-order valence-corrected chi connectivity index (χ3v) is 3.30. The highest BCUT2D eigenvalue weighted by Crippen LogP contribution is 2.14. The Labute approximate surface area is 116 Å². The SMILES string of the molecule is CCCN(CCO)C(=O)c1ccc2c(c1)[nH]c(=O)n2C. The Balaban J connectivity index is 2.36. The van der Waals surface area contributed by atoms with Crippen LogP contribution in [0.1, 0.15) is 23.7 Å². The van der Waals surface area contributed by atoms with Gasteiger partial charge in [-0.2, -0.15) is 0 Å². The zero-order valence-corrected chi connectivity index (χ0v) is 11.7. The summed E-state index contributed by atoms with van der Waals surface area (Å²) in [5.74, 6) is -0.132. The molecule has 2 N–H and O–H groups in total. The second kappa shape index (κ2) is 5.92. The number of H-pyrrole nitrogens is 1. The van der Waals surface area contributed by atoms with Gasteiger partial charge >= 0.3 is 5.69 Å². The van der Waals surface area contributed by atoms with Crippen LogP contribution >= 0.6 is 0 Å². The number of aliphatic hydroxyl groups excluding tert-OH is 1. The molecule has 0 spiro atoms. The molecule has 1 amide bonds. The van der Waals surface area contributed by atoms with Gasteiger partial charge in [0.05, 0.1) is 17.6 Å². The van der Waals surface area contributed by atoms with Crippen molar-refractivity contribution in [2.24, 2.45) is 7.05 Å². The summed E-state index contributed by atoms with van der Waals surface area (Å²) in [5.41, 5.74) is 1.71. The number of fused-ring (bicyclic) bond motifs is 1. The molecule has 0 aliphatic heterocycles. The van der Waals surface area contributed by atoms with E-state index in [0.717, 1.165) is 11.9 Å². The van der Waals surface area contributed by atoms with Crippen LogP contribution < -0.4 is 5.69 Å². The molecule has 6 nitrogen and oxygen atoms in total. The fourth-order valence-electron chi connectivity index (χ4n) is 2.26. The lowest BCUT2D eigenvalue weighted by atomic mass is 10.1. The lowest BCUT2D eigenvalue weighted by Gasteiger charge is -2.21. The number of hydrogen-bond donors (Lipinski definition) is 2. The number of nitrogens with zero attached hydrogens (tertiary/aromatic N) is 2. The van der Waals surface area contributed by atoms with E-state index in [4.69, 9.17) is 5.11 Å². The number of benzene rings is 1. The molecular weight excluding hydrogens is 258 g/mol. The Morgan fingerprint density at radius 1 is 1.40 bits per heavy atom. The first-order valence-electron chi connectivity index (χ1n) is 6.67. The lowest BCUT2D eigenvalue weighted by molar-refractivity contribution is 0.0722. The molecule has 20 heavy (non-hydrogen) atoms. The van der Waals surface area contributed by atoms with E-state index in [1.807, 2.05) is 6.92 Å². The predicted octanol–water partition coefficient (Wildman–Crippen LogP) is 0.711. The molecule has 0 unspecified atom stereocenters. The molecular formula is C14H19N3O3. The van der Waals surface area contributed by atoms with Crippen molar-refractivity contribution in [3.8, 4) is 0 Å². The summed E-state index contributed by atoms with van der Waals surface area (Å²) in [7, 11) is 1.68. The lowest BCUT2D eigenvalue weighted by Crippen LogP contribution is -2.34. The molecule has 0 saturated carbocycles. The van der Waals surface area contributed by atoms with Crippen molar-refractivity contribution >= 4 is 16.9 Å². The van der Waals surface area contributed by atoms with Crippen LogP contribution in [-0.4, -0.2) is 45.2 Å². The summed E-state index contributed by atoms with van der Waals surface area (Å²) in [6.07, 6.45) is 0.830. The fourth-order valence-corrected chi connectivity index (χ4v) is 2.26. The standard InChI is InChI=1S/C14H19N3O3/c1-3-6-17(7-8-18)13(19)10-4-5-12-11(9-10)15-14(20)16(12)2/h4-5,9,18H,3,6-8H2,1-2H3,(H,15,20). The van der Waals surface area contributed by atoms with Crippen LogP contribution in [0.3, 0.4) is 0 Å². The van der Waals surface area contributed by atoms with Crippen LogP contribution in [-0.2, 0) is 7.05 Å². The number of aryl methyl sites for hydroxylation is 1.